The molecule has 0 saturated heterocycles. The van der Waals surface area contributed by atoms with Gasteiger partial charge in [-0.2, -0.15) is 0 Å². The van der Waals surface area contributed by atoms with Gasteiger partial charge in [-0.05, 0) is 73.7 Å². The average Bonchev–Trinajstić information content (AvgIpc) is 2.85. The molecule has 0 spiro atoms. The fourth-order valence-corrected chi connectivity index (χ4v) is 4.14. The summed E-state index contributed by atoms with van der Waals surface area (Å²) in [7, 11) is 1.65. The highest BCUT2D eigenvalue weighted by atomic mass is 32.2. The van der Waals surface area contributed by atoms with Crippen molar-refractivity contribution in [1.82, 2.24) is 0 Å². The number of nitrogens with one attached hydrogen (secondary N) is 1. The lowest BCUT2D eigenvalue weighted by Gasteiger charge is -2.12. The Balaban J connectivity index is 1.42. The van der Waals surface area contributed by atoms with Crippen LogP contribution in [0, 0.1) is 6.92 Å². The second-order valence-corrected chi connectivity index (χ2v) is 8.57. The van der Waals surface area contributed by atoms with Crippen LogP contribution in [-0.4, -0.2) is 13.0 Å². The Hall–Kier alpha value is -3.70. The molecule has 0 radical (unpaired) electrons. The van der Waals surface area contributed by atoms with E-state index in [1.807, 2.05) is 66.7 Å². The molecule has 0 aromatic heterocycles. The molecule has 0 unspecified atom stereocenters. The quantitative estimate of drug-likeness (QED) is 0.282. The molecule has 0 bridgehead atoms. The van der Waals surface area contributed by atoms with Crippen LogP contribution >= 0.6 is 11.8 Å². The summed E-state index contributed by atoms with van der Waals surface area (Å²) in [6, 6.07) is 30.8. The van der Waals surface area contributed by atoms with Gasteiger partial charge in [0.05, 0.1) is 7.11 Å². The van der Waals surface area contributed by atoms with E-state index in [0.29, 0.717) is 22.8 Å². The SMILES string of the molecule is COc1ccc(C(=O)Nc2ccc(Oc3ccccc3)cc2)cc1CSc1ccc(C)cc1. The van der Waals surface area contributed by atoms with Crippen molar-refractivity contribution in [2.75, 3.05) is 12.4 Å². The van der Waals surface area contributed by atoms with Gasteiger partial charge >= 0.3 is 0 Å². The van der Waals surface area contributed by atoms with Gasteiger partial charge in [0.15, 0.2) is 0 Å². The first-order chi connectivity index (χ1) is 16.1. The summed E-state index contributed by atoms with van der Waals surface area (Å²) in [6.45, 7) is 2.07. The van der Waals surface area contributed by atoms with Gasteiger partial charge in [0.25, 0.3) is 5.91 Å². The summed E-state index contributed by atoms with van der Waals surface area (Å²) in [5.41, 5.74) is 3.49. The summed E-state index contributed by atoms with van der Waals surface area (Å²) in [5, 5.41) is 2.95. The van der Waals surface area contributed by atoms with Crippen molar-refractivity contribution >= 4 is 23.4 Å². The molecule has 4 nitrogen and oxygen atoms in total. The molecule has 0 heterocycles. The third kappa shape index (κ3) is 6.18. The number of methoxy groups -OCH3 is 1. The van der Waals surface area contributed by atoms with Gasteiger partial charge in [0.2, 0.25) is 0 Å². The third-order valence-corrected chi connectivity index (χ3v) is 6.11. The van der Waals surface area contributed by atoms with Gasteiger partial charge in [-0.1, -0.05) is 35.9 Å². The van der Waals surface area contributed by atoms with Crippen LogP contribution in [0.15, 0.2) is 102 Å². The minimum absolute atomic E-state index is 0.170. The van der Waals surface area contributed by atoms with Crippen LogP contribution in [0.1, 0.15) is 21.5 Å². The molecule has 0 saturated carbocycles. The Labute approximate surface area is 198 Å². The number of hydrogen-bond donors (Lipinski definition) is 1. The van der Waals surface area contributed by atoms with E-state index in [-0.39, 0.29) is 5.91 Å². The summed E-state index contributed by atoms with van der Waals surface area (Å²) in [6.07, 6.45) is 0. The molecular weight excluding hydrogens is 430 g/mol. The standard InChI is InChI=1S/C28H25NO3S/c1-20-8-15-26(16-9-20)33-19-22-18-21(10-17-27(22)31-2)28(30)29-23-11-13-25(14-12-23)32-24-6-4-3-5-7-24/h3-18H,19H2,1-2H3,(H,29,30). The van der Waals surface area contributed by atoms with Gasteiger partial charge < -0.3 is 14.8 Å². The molecule has 0 aliphatic rings. The lowest BCUT2D eigenvalue weighted by Crippen LogP contribution is -2.12. The number of hydrogen-bond acceptors (Lipinski definition) is 4. The second kappa shape index (κ2) is 10.7. The highest BCUT2D eigenvalue weighted by Crippen LogP contribution is 2.29. The van der Waals surface area contributed by atoms with Crippen LogP contribution in [0.4, 0.5) is 5.69 Å². The average molecular weight is 456 g/mol. The fraction of sp³-hybridized carbons (Fsp3) is 0.107. The summed E-state index contributed by atoms with van der Waals surface area (Å²) in [5.74, 6) is 2.78. The largest absolute Gasteiger partial charge is 0.496 e. The molecule has 4 aromatic rings. The molecule has 0 fully saturated rings. The first-order valence-corrected chi connectivity index (χ1v) is 11.6. The van der Waals surface area contributed by atoms with E-state index in [1.165, 1.54) is 10.5 Å². The number of benzene rings is 4. The Morgan fingerprint density at radius 3 is 2.24 bits per heavy atom. The lowest BCUT2D eigenvalue weighted by molar-refractivity contribution is 0.102. The van der Waals surface area contributed by atoms with Crippen LogP contribution < -0.4 is 14.8 Å². The second-order valence-electron chi connectivity index (χ2n) is 7.52. The molecule has 1 N–H and O–H groups in total. The molecule has 166 valence electrons. The number of thioether (sulfide) groups is 1. The zero-order chi connectivity index (χ0) is 23.0. The molecule has 5 heteroatoms. The number of rotatable bonds is 8. The zero-order valence-electron chi connectivity index (χ0n) is 18.6. The number of carbonyl (C=O) groups excluding carboxylic acids is 1. The van der Waals surface area contributed by atoms with Crippen LogP contribution in [0.2, 0.25) is 0 Å². The first-order valence-electron chi connectivity index (χ1n) is 10.6. The van der Waals surface area contributed by atoms with Crippen molar-refractivity contribution < 1.29 is 14.3 Å². The maximum atomic E-state index is 12.9. The molecule has 4 aromatic carbocycles. The third-order valence-electron chi connectivity index (χ3n) is 5.05. The van der Waals surface area contributed by atoms with Crippen LogP contribution in [-0.2, 0) is 5.75 Å². The van der Waals surface area contributed by atoms with E-state index in [9.17, 15) is 4.79 Å². The molecule has 0 aliphatic carbocycles. The lowest BCUT2D eigenvalue weighted by atomic mass is 10.1. The maximum Gasteiger partial charge on any atom is 0.255 e. The monoisotopic (exact) mass is 455 g/mol. The zero-order valence-corrected chi connectivity index (χ0v) is 19.4. The van der Waals surface area contributed by atoms with Crippen molar-refractivity contribution in [3.05, 3.63) is 114 Å². The predicted molar refractivity (Wildman–Crippen MR) is 135 cm³/mol. The van der Waals surface area contributed by atoms with E-state index >= 15 is 0 Å². The van der Waals surface area contributed by atoms with Gasteiger partial charge in [-0.3, -0.25) is 4.79 Å². The molecule has 0 aliphatic heterocycles. The number of amides is 1. The predicted octanol–water partition coefficient (Wildman–Crippen LogP) is 7.34. The summed E-state index contributed by atoms with van der Waals surface area (Å²) >= 11 is 1.71. The van der Waals surface area contributed by atoms with Crippen LogP contribution in [0.25, 0.3) is 0 Å². The van der Waals surface area contributed by atoms with Crippen molar-refractivity contribution in [1.29, 1.82) is 0 Å². The Bertz CT molecular complexity index is 1210. The Morgan fingerprint density at radius 1 is 0.848 bits per heavy atom. The summed E-state index contributed by atoms with van der Waals surface area (Å²) < 4.78 is 11.3. The highest BCUT2D eigenvalue weighted by Gasteiger charge is 2.11. The van der Waals surface area contributed by atoms with E-state index in [2.05, 4.69) is 36.5 Å². The van der Waals surface area contributed by atoms with Gasteiger partial charge in [-0.15, -0.1) is 11.8 Å². The minimum atomic E-state index is -0.170. The van der Waals surface area contributed by atoms with Crippen molar-refractivity contribution in [2.45, 2.75) is 17.6 Å². The van der Waals surface area contributed by atoms with Gasteiger partial charge in [0, 0.05) is 27.5 Å². The summed E-state index contributed by atoms with van der Waals surface area (Å²) in [4.78, 5) is 14.0. The first kappa shape index (κ1) is 22.5. The normalized spacial score (nSPS) is 10.5. The van der Waals surface area contributed by atoms with E-state index in [4.69, 9.17) is 9.47 Å². The Morgan fingerprint density at radius 2 is 1.55 bits per heavy atom. The van der Waals surface area contributed by atoms with Crippen LogP contribution in [0.3, 0.4) is 0 Å². The van der Waals surface area contributed by atoms with Gasteiger partial charge in [-0.25, -0.2) is 0 Å². The fourth-order valence-electron chi connectivity index (χ4n) is 3.26. The molecule has 33 heavy (non-hydrogen) atoms. The topological polar surface area (TPSA) is 47.6 Å². The molecule has 0 atom stereocenters. The minimum Gasteiger partial charge on any atom is -0.496 e. The van der Waals surface area contributed by atoms with E-state index in [1.54, 1.807) is 24.9 Å². The van der Waals surface area contributed by atoms with Crippen molar-refractivity contribution in [3.8, 4) is 17.2 Å². The number of para-hydroxylation sites is 1. The highest BCUT2D eigenvalue weighted by molar-refractivity contribution is 7.98. The molecular formula is C28H25NO3S. The van der Waals surface area contributed by atoms with Crippen molar-refractivity contribution in [2.24, 2.45) is 0 Å². The number of anilines is 1. The van der Waals surface area contributed by atoms with E-state index < -0.39 is 0 Å². The number of aryl methyl sites for hydroxylation is 1. The van der Waals surface area contributed by atoms with E-state index in [0.717, 1.165) is 17.1 Å². The molecule has 1 amide bonds. The van der Waals surface area contributed by atoms with Crippen LogP contribution in [0.5, 0.6) is 17.2 Å². The number of carbonyl (C=O) groups is 1. The van der Waals surface area contributed by atoms with Gasteiger partial charge in [0.1, 0.15) is 17.2 Å². The Kier molecular flexibility index (Phi) is 7.33. The smallest absolute Gasteiger partial charge is 0.255 e. The molecule has 4 rings (SSSR count). The van der Waals surface area contributed by atoms with Crippen molar-refractivity contribution in [3.63, 3.8) is 0 Å². The number of ether oxygens (including phenoxy) is 2. The maximum absolute atomic E-state index is 12.9.